The number of guanidine groups is 1. The van der Waals surface area contributed by atoms with Crippen LogP contribution < -0.4 is 10.6 Å². The number of carbonyl (C=O) groups is 1. The molecule has 0 bridgehead atoms. The fourth-order valence-corrected chi connectivity index (χ4v) is 4.41. The molecular weight excluding hydrogens is 326 g/mol. The maximum atomic E-state index is 11.6. The molecule has 0 spiro atoms. The molecule has 0 aromatic rings. The SMILES string of the molecule is CCNC(=NCCN1CC(C)CC(C)C1)N1CCC(CC(=O)NC)CC1. The average molecular weight is 366 g/mol. The molecule has 2 N–H and O–H groups in total. The van der Waals surface area contributed by atoms with E-state index in [1.54, 1.807) is 7.05 Å². The van der Waals surface area contributed by atoms with Crippen molar-refractivity contribution in [1.82, 2.24) is 20.4 Å². The standard InChI is InChI=1S/C20H39N5O/c1-5-22-20(23-8-11-24-14-16(2)12-17(3)15-24)25-9-6-18(7-10-25)13-19(26)21-4/h16-18H,5-15H2,1-4H3,(H,21,26)(H,22,23). The summed E-state index contributed by atoms with van der Waals surface area (Å²) >= 11 is 0. The molecule has 2 saturated heterocycles. The quantitative estimate of drug-likeness (QED) is 0.556. The first-order chi connectivity index (χ1) is 12.5. The molecule has 6 heteroatoms. The topological polar surface area (TPSA) is 60.0 Å². The van der Waals surface area contributed by atoms with Gasteiger partial charge in [0.1, 0.15) is 0 Å². The van der Waals surface area contributed by atoms with Gasteiger partial charge in [0, 0.05) is 52.7 Å². The van der Waals surface area contributed by atoms with Crippen molar-refractivity contribution in [3.05, 3.63) is 0 Å². The van der Waals surface area contributed by atoms with Crippen LogP contribution in [0.4, 0.5) is 0 Å². The van der Waals surface area contributed by atoms with E-state index in [1.807, 2.05) is 0 Å². The van der Waals surface area contributed by atoms with E-state index in [2.05, 4.69) is 41.2 Å². The molecule has 0 aliphatic carbocycles. The number of amides is 1. The summed E-state index contributed by atoms with van der Waals surface area (Å²) in [5, 5.41) is 6.19. The molecule has 1 amide bonds. The van der Waals surface area contributed by atoms with Crippen LogP contribution in [0, 0.1) is 17.8 Å². The van der Waals surface area contributed by atoms with Gasteiger partial charge in [0.25, 0.3) is 0 Å². The number of hydrogen-bond donors (Lipinski definition) is 2. The van der Waals surface area contributed by atoms with Crippen LogP contribution in [0.2, 0.25) is 0 Å². The van der Waals surface area contributed by atoms with E-state index in [4.69, 9.17) is 4.99 Å². The molecule has 150 valence electrons. The molecule has 0 aromatic heterocycles. The molecule has 26 heavy (non-hydrogen) atoms. The first kappa shape index (κ1) is 21.0. The number of hydrogen-bond acceptors (Lipinski definition) is 3. The predicted molar refractivity (Wildman–Crippen MR) is 108 cm³/mol. The molecule has 2 heterocycles. The summed E-state index contributed by atoms with van der Waals surface area (Å²) in [7, 11) is 1.72. The molecule has 2 rings (SSSR count). The fraction of sp³-hybridized carbons (Fsp3) is 0.900. The maximum absolute atomic E-state index is 11.6. The molecule has 0 aromatic carbocycles. The highest BCUT2D eigenvalue weighted by Gasteiger charge is 2.24. The monoisotopic (exact) mass is 365 g/mol. The minimum atomic E-state index is 0.161. The summed E-state index contributed by atoms with van der Waals surface area (Å²) in [6.45, 7) is 14.1. The third-order valence-electron chi connectivity index (χ3n) is 5.62. The highest BCUT2D eigenvalue weighted by molar-refractivity contribution is 5.80. The van der Waals surface area contributed by atoms with Gasteiger partial charge in [-0.25, -0.2) is 0 Å². The van der Waals surface area contributed by atoms with Gasteiger partial charge in [0.05, 0.1) is 6.54 Å². The van der Waals surface area contributed by atoms with Crippen molar-refractivity contribution in [2.45, 2.75) is 46.5 Å². The van der Waals surface area contributed by atoms with Crippen LogP contribution in [0.5, 0.6) is 0 Å². The molecule has 0 saturated carbocycles. The van der Waals surface area contributed by atoms with Crippen LogP contribution in [0.25, 0.3) is 0 Å². The summed E-state index contributed by atoms with van der Waals surface area (Å²) in [6.07, 6.45) is 4.15. The third-order valence-corrected chi connectivity index (χ3v) is 5.62. The Bertz CT molecular complexity index is 449. The molecule has 6 nitrogen and oxygen atoms in total. The van der Waals surface area contributed by atoms with Crippen molar-refractivity contribution in [2.24, 2.45) is 22.7 Å². The second-order valence-electron chi connectivity index (χ2n) is 8.25. The van der Waals surface area contributed by atoms with Crippen molar-refractivity contribution in [2.75, 3.05) is 52.9 Å². The Morgan fingerprint density at radius 2 is 1.81 bits per heavy atom. The summed E-state index contributed by atoms with van der Waals surface area (Å²) in [5.41, 5.74) is 0. The molecule has 2 atom stereocenters. The molecular formula is C20H39N5O. The molecule has 0 radical (unpaired) electrons. The van der Waals surface area contributed by atoms with Crippen molar-refractivity contribution < 1.29 is 4.79 Å². The van der Waals surface area contributed by atoms with E-state index in [9.17, 15) is 4.79 Å². The second kappa shape index (κ2) is 10.8. The largest absolute Gasteiger partial charge is 0.359 e. The molecule has 2 fully saturated rings. The Morgan fingerprint density at radius 1 is 1.15 bits per heavy atom. The van der Waals surface area contributed by atoms with Crippen molar-refractivity contribution >= 4 is 11.9 Å². The lowest BCUT2D eigenvalue weighted by Gasteiger charge is -2.35. The van der Waals surface area contributed by atoms with Crippen LogP contribution >= 0.6 is 0 Å². The van der Waals surface area contributed by atoms with Gasteiger partial charge in [-0.1, -0.05) is 13.8 Å². The summed E-state index contributed by atoms with van der Waals surface area (Å²) < 4.78 is 0. The normalized spacial score (nSPS) is 26.0. The van der Waals surface area contributed by atoms with E-state index in [0.717, 1.165) is 63.4 Å². The van der Waals surface area contributed by atoms with Crippen LogP contribution in [-0.4, -0.2) is 74.5 Å². The van der Waals surface area contributed by atoms with Gasteiger partial charge in [0.15, 0.2) is 5.96 Å². The Morgan fingerprint density at radius 3 is 2.38 bits per heavy atom. The highest BCUT2D eigenvalue weighted by atomic mass is 16.1. The number of piperidine rings is 2. The minimum Gasteiger partial charge on any atom is -0.359 e. The van der Waals surface area contributed by atoms with Crippen molar-refractivity contribution in [3.63, 3.8) is 0 Å². The van der Waals surface area contributed by atoms with Crippen molar-refractivity contribution in [1.29, 1.82) is 0 Å². The van der Waals surface area contributed by atoms with Gasteiger partial charge >= 0.3 is 0 Å². The Balaban J connectivity index is 1.80. The summed E-state index contributed by atoms with van der Waals surface area (Å²) in [6, 6.07) is 0. The maximum Gasteiger partial charge on any atom is 0.220 e. The number of nitrogens with zero attached hydrogens (tertiary/aromatic N) is 3. The predicted octanol–water partition coefficient (Wildman–Crippen LogP) is 1.78. The van der Waals surface area contributed by atoms with Gasteiger partial charge in [-0.3, -0.25) is 9.79 Å². The van der Waals surface area contributed by atoms with Gasteiger partial charge < -0.3 is 20.4 Å². The van der Waals surface area contributed by atoms with E-state index in [0.29, 0.717) is 12.3 Å². The van der Waals surface area contributed by atoms with Gasteiger partial charge in [-0.05, 0) is 43.9 Å². The van der Waals surface area contributed by atoms with E-state index in [1.165, 1.54) is 19.5 Å². The number of nitrogens with one attached hydrogen (secondary N) is 2. The zero-order chi connectivity index (χ0) is 18.9. The number of rotatable bonds is 6. The Hall–Kier alpha value is -1.30. The van der Waals surface area contributed by atoms with Crippen LogP contribution in [-0.2, 0) is 4.79 Å². The molecule has 2 unspecified atom stereocenters. The first-order valence-corrected chi connectivity index (χ1v) is 10.5. The fourth-order valence-electron chi connectivity index (χ4n) is 4.41. The smallest absolute Gasteiger partial charge is 0.220 e. The Kier molecular flexibility index (Phi) is 8.69. The lowest BCUT2D eigenvalue weighted by molar-refractivity contribution is -0.121. The van der Waals surface area contributed by atoms with Gasteiger partial charge in [-0.15, -0.1) is 0 Å². The number of carbonyl (C=O) groups excluding carboxylic acids is 1. The summed E-state index contributed by atoms with van der Waals surface area (Å²) in [4.78, 5) is 21.4. The summed E-state index contributed by atoms with van der Waals surface area (Å²) in [5.74, 6) is 3.31. The zero-order valence-corrected chi connectivity index (χ0v) is 17.3. The number of aliphatic imine (C=N–C) groups is 1. The van der Waals surface area contributed by atoms with Crippen molar-refractivity contribution in [3.8, 4) is 0 Å². The highest BCUT2D eigenvalue weighted by Crippen LogP contribution is 2.21. The van der Waals surface area contributed by atoms with Crippen LogP contribution in [0.1, 0.15) is 46.5 Å². The lowest BCUT2D eigenvalue weighted by atomic mass is 9.92. The van der Waals surface area contributed by atoms with Crippen LogP contribution in [0.3, 0.4) is 0 Å². The first-order valence-electron chi connectivity index (χ1n) is 10.5. The van der Waals surface area contributed by atoms with E-state index < -0.39 is 0 Å². The van der Waals surface area contributed by atoms with Gasteiger partial charge in [-0.2, -0.15) is 0 Å². The third kappa shape index (κ3) is 6.78. The van der Waals surface area contributed by atoms with Crippen LogP contribution in [0.15, 0.2) is 4.99 Å². The number of likely N-dealkylation sites (tertiary alicyclic amines) is 2. The minimum absolute atomic E-state index is 0.161. The Labute approximate surface area is 159 Å². The van der Waals surface area contributed by atoms with E-state index in [-0.39, 0.29) is 5.91 Å². The second-order valence-corrected chi connectivity index (χ2v) is 8.25. The lowest BCUT2D eigenvalue weighted by Crippen LogP contribution is -2.46. The average Bonchev–Trinajstić information content (AvgIpc) is 2.61. The molecule has 2 aliphatic heterocycles. The van der Waals surface area contributed by atoms with E-state index >= 15 is 0 Å². The molecule has 2 aliphatic rings. The van der Waals surface area contributed by atoms with Gasteiger partial charge in [0.2, 0.25) is 5.91 Å². The zero-order valence-electron chi connectivity index (χ0n) is 17.3.